The number of nitrogens with zero attached hydrogens (tertiary/aromatic N) is 1. The number of aliphatic hydroxyl groups is 1. The van der Waals surface area contributed by atoms with E-state index in [-0.39, 0.29) is 12.7 Å². The maximum atomic E-state index is 13.5. The Hall–Kier alpha value is -4.26. The number of aliphatic hydroxyl groups excluding tert-OH is 1. The Balaban J connectivity index is 1.52. The SMILES string of the molecule is Cc1cc(OCC=C(c2ccc(C#CCN3CCC(O)CC3)cc2)c2cccc(C(F)(F)F)c2)ccc1OC(C)C(=O)O. The first-order chi connectivity index (χ1) is 20.5. The molecule has 226 valence electrons. The Bertz CT molecular complexity index is 1500. The molecule has 3 aromatic rings. The van der Waals surface area contributed by atoms with Crippen molar-refractivity contribution in [2.75, 3.05) is 26.2 Å². The molecular weight excluding hydrogens is 559 g/mol. The van der Waals surface area contributed by atoms with Crippen LogP contribution in [0.15, 0.2) is 72.8 Å². The second kappa shape index (κ2) is 14.3. The molecule has 2 N–H and O–H groups in total. The maximum Gasteiger partial charge on any atom is 0.416 e. The van der Waals surface area contributed by atoms with Gasteiger partial charge in [-0.3, -0.25) is 4.90 Å². The van der Waals surface area contributed by atoms with Gasteiger partial charge in [0.1, 0.15) is 18.1 Å². The maximum absolute atomic E-state index is 13.5. The van der Waals surface area contributed by atoms with Gasteiger partial charge in [-0.2, -0.15) is 13.2 Å². The topological polar surface area (TPSA) is 79.2 Å². The summed E-state index contributed by atoms with van der Waals surface area (Å²) in [5.41, 5.74) is 2.40. The van der Waals surface area contributed by atoms with Crippen LogP contribution in [0, 0.1) is 18.8 Å². The Kier molecular flexibility index (Phi) is 10.5. The van der Waals surface area contributed by atoms with Crippen molar-refractivity contribution in [1.82, 2.24) is 4.90 Å². The van der Waals surface area contributed by atoms with Gasteiger partial charge in [0.2, 0.25) is 0 Å². The molecule has 0 spiro atoms. The number of carboxylic acids is 1. The minimum atomic E-state index is -4.48. The first-order valence-corrected chi connectivity index (χ1v) is 14.0. The lowest BCUT2D eigenvalue weighted by Gasteiger charge is -2.27. The molecule has 0 aliphatic carbocycles. The Morgan fingerprint density at radius 3 is 2.44 bits per heavy atom. The number of piperidine rings is 1. The van der Waals surface area contributed by atoms with E-state index >= 15 is 0 Å². The highest BCUT2D eigenvalue weighted by atomic mass is 19.4. The summed E-state index contributed by atoms with van der Waals surface area (Å²) in [7, 11) is 0. The number of ether oxygens (including phenoxy) is 2. The van der Waals surface area contributed by atoms with Crippen molar-refractivity contribution in [2.45, 2.75) is 45.1 Å². The predicted molar refractivity (Wildman–Crippen MR) is 158 cm³/mol. The number of carbonyl (C=O) groups is 1. The minimum absolute atomic E-state index is 0.0723. The minimum Gasteiger partial charge on any atom is -0.489 e. The van der Waals surface area contributed by atoms with E-state index in [2.05, 4.69) is 16.7 Å². The summed E-state index contributed by atoms with van der Waals surface area (Å²) in [6, 6.07) is 17.5. The second-order valence-corrected chi connectivity index (χ2v) is 10.4. The molecule has 0 radical (unpaired) electrons. The van der Waals surface area contributed by atoms with Crippen molar-refractivity contribution in [3.63, 3.8) is 0 Å². The van der Waals surface area contributed by atoms with Gasteiger partial charge in [-0.05, 0) is 97.5 Å². The van der Waals surface area contributed by atoms with Crippen LogP contribution in [0.2, 0.25) is 0 Å². The molecule has 4 rings (SSSR count). The number of rotatable bonds is 9. The Morgan fingerprint density at radius 1 is 1.07 bits per heavy atom. The largest absolute Gasteiger partial charge is 0.489 e. The number of hydrogen-bond acceptors (Lipinski definition) is 5. The summed E-state index contributed by atoms with van der Waals surface area (Å²) in [4.78, 5) is 13.3. The summed E-state index contributed by atoms with van der Waals surface area (Å²) in [5.74, 6) is 6.15. The number of hydrogen-bond donors (Lipinski definition) is 2. The molecule has 1 saturated heterocycles. The highest BCUT2D eigenvalue weighted by molar-refractivity contribution is 5.80. The number of alkyl halides is 3. The number of benzene rings is 3. The van der Waals surface area contributed by atoms with Crippen LogP contribution in [0.5, 0.6) is 11.5 Å². The normalized spacial score (nSPS) is 15.3. The quantitative estimate of drug-likeness (QED) is 0.289. The first kappa shape index (κ1) is 31.7. The fourth-order valence-corrected chi connectivity index (χ4v) is 4.64. The first-order valence-electron chi connectivity index (χ1n) is 14.0. The van der Waals surface area contributed by atoms with E-state index in [1.54, 1.807) is 37.3 Å². The van der Waals surface area contributed by atoms with Gasteiger partial charge in [0.05, 0.1) is 18.2 Å². The van der Waals surface area contributed by atoms with E-state index in [0.717, 1.165) is 43.6 Å². The molecule has 1 aliphatic heterocycles. The van der Waals surface area contributed by atoms with Gasteiger partial charge < -0.3 is 19.7 Å². The highest BCUT2D eigenvalue weighted by Crippen LogP contribution is 2.33. The Labute approximate surface area is 249 Å². The van der Waals surface area contributed by atoms with Crippen molar-refractivity contribution in [3.8, 4) is 23.3 Å². The van der Waals surface area contributed by atoms with Crippen LogP contribution in [0.4, 0.5) is 13.2 Å². The molecule has 1 aliphatic rings. The third-order valence-corrected chi connectivity index (χ3v) is 7.12. The van der Waals surface area contributed by atoms with Gasteiger partial charge >= 0.3 is 12.1 Å². The van der Waals surface area contributed by atoms with Gasteiger partial charge in [0.25, 0.3) is 0 Å². The summed E-state index contributed by atoms with van der Waals surface area (Å²) >= 11 is 0. The fraction of sp³-hybridized carbons (Fsp3) is 0.324. The molecule has 0 bridgehead atoms. The third-order valence-electron chi connectivity index (χ3n) is 7.12. The molecule has 1 unspecified atom stereocenters. The van der Waals surface area contributed by atoms with E-state index in [4.69, 9.17) is 14.6 Å². The summed E-state index contributed by atoms with van der Waals surface area (Å²) in [6.07, 6.45) is -2.51. The van der Waals surface area contributed by atoms with Crippen LogP contribution in [-0.2, 0) is 11.0 Å². The second-order valence-electron chi connectivity index (χ2n) is 10.4. The average molecular weight is 594 g/mol. The standard InChI is InChI=1S/C34H34F3NO5/c1-23-21-30(12-13-32(23)43-24(2)33(40)41)42-20-16-31(27-6-3-7-28(22-27)34(35,36)37)26-10-8-25(9-11-26)5-4-17-38-18-14-29(39)15-19-38/h3,6-13,16,21-22,24,29,39H,14-15,17-20H2,1-2H3,(H,40,41). The summed E-state index contributed by atoms with van der Waals surface area (Å²) in [5, 5.41) is 18.7. The van der Waals surface area contributed by atoms with Crippen molar-refractivity contribution >= 4 is 11.5 Å². The van der Waals surface area contributed by atoms with Crippen LogP contribution in [-0.4, -0.2) is 59.5 Å². The zero-order valence-corrected chi connectivity index (χ0v) is 24.0. The van der Waals surface area contributed by atoms with E-state index in [9.17, 15) is 23.1 Å². The van der Waals surface area contributed by atoms with Gasteiger partial charge in [-0.1, -0.05) is 36.1 Å². The van der Waals surface area contributed by atoms with Crippen LogP contribution in [0.25, 0.3) is 5.57 Å². The number of aryl methyl sites for hydroxylation is 1. The Morgan fingerprint density at radius 2 is 1.79 bits per heavy atom. The van der Waals surface area contributed by atoms with Crippen LogP contribution in [0.3, 0.4) is 0 Å². The predicted octanol–water partition coefficient (Wildman–Crippen LogP) is 6.18. The third kappa shape index (κ3) is 9.11. The lowest BCUT2D eigenvalue weighted by Crippen LogP contribution is -2.35. The van der Waals surface area contributed by atoms with Crippen molar-refractivity contribution in [1.29, 1.82) is 0 Å². The van der Waals surface area contributed by atoms with E-state index < -0.39 is 23.8 Å². The smallest absolute Gasteiger partial charge is 0.416 e. The van der Waals surface area contributed by atoms with E-state index in [1.807, 2.05) is 24.3 Å². The van der Waals surface area contributed by atoms with Gasteiger partial charge in [0.15, 0.2) is 6.10 Å². The average Bonchev–Trinajstić information content (AvgIpc) is 2.98. The van der Waals surface area contributed by atoms with Crippen molar-refractivity contribution in [2.24, 2.45) is 0 Å². The fourth-order valence-electron chi connectivity index (χ4n) is 4.64. The molecule has 0 saturated carbocycles. The molecular formula is C34H34F3NO5. The van der Waals surface area contributed by atoms with Gasteiger partial charge in [-0.25, -0.2) is 4.79 Å². The van der Waals surface area contributed by atoms with Crippen LogP contribution in [0.1, 0.15) is 47.6 Å². The molecule has 3 aromatic carbocycles. The monoisotopic (exact) mass is 593 g/mol. The van der Waals surface area contributed by atoms with Gasteiger partial charge in [-0.15, -0.1) is 0 Å². The molecule has 9 heteroatoms. The molecule has 1 atom stereocenters. The lowest BCUT2D eigenvalue weighted by molar-refractivity contribution is -0.144. The van der Waals surface area contributed by atoms with Gasteiger partial charge in [0, 0.05) is 18.7 Å². The summed E-state index contributed by atoms with van der Waals surface area (Å²) in [6.45, 7) is 5.50. The van der Waals surface area contributed by atoms with Crippen molar-refractivity contribution in [3.05, 3.63) is 101 Å². The zero-order valence-electron chi connectivity index (χ0n) is 24.0. The number of carboxylic acid groups (broad SMARTS) is 1. The molecule has 0 amide bonds. The number of aliphatic carboxylic acids is 1. The zero-order chi connectivity index (χ0) is 31.0. The lowest BCUT2D eigenvalue weighted by atomic mass is 9.95. The van der Waals surface area contributed by atoms with Crippen molar-refractivity contribution < 1.29 is 37.7 Å². The molecule has 1 fully saturated rings. The van der Waals surface area contributed by atoms with Crippen LogP contribution < -0.4 is 9.47 Å². The highest BCUT2D eigenvalue weighted by Gasteiger charge is 2.30. The molecule has 0 aromatic heterocycles. The molecule has 1 heterocycles. The molecule has 6 nitrogen and oxygen atoms in total. The van der Waals surface area contributed by atoms with Crippen LogP contribution >= 0.6 is 0 Å². The number of halogens is 3. The summed E-state index contributed by atoms with van der Waals surface area (Å²) < 4.78 is 51.9. The molecule has 43 heavy (non-hydrogen) atoms. The van der Waals surface area contributed by atoms with E-state index in [1.165, 1.54) is 13.0 Å². The van der Waals surface area contributed by atoms with E-state index in [0.29, 0.717) is 40.3 Å². The number of likely N-dealkylation sites (tertiary alicyclic amines) is 1.